The number of ketones is 1. The van der Waals surface area contributed by atoms with E-state index >= 15 is 0 Å². The van der Waals surface area contributed by atoms with Gasteiger partial charge in [0.25, 0.3) is 0 Å². The Kier molecular flexibility index (Phi) is 5.39. The van der Waals surface area contributed by atoms with Crippen molar-refractivity contribution in [2.75, 3.05) is 19.8 Å². The van der Waals surface area contributed by atoms with Crippen molar-refractivity contribution >= 4 is 11.7 Å². The van der Waals surface area contributed by atoms with Crippen molar-refractivity contribution in [3.05, 3.63) is 71.8 Å². The highest BCUT2D eigenvalue weighted by Gasteiger charge is 2.28. The molecule has 4 nitrogen and oxygen atoms in total. The second-order valence-corrected chi connectivity index (χ2v) is 5.88. The van der Waals surface area contributed by atoms with Crippen molar-refractivity contribution in [2.24, 2.45) is 0 Å². The molecule has 2 aromatic carbocycles. The Morgan fingerprint density at radius 3 is 2.33 bits per heavy atom. The molecule has 1 aliphatic rings. The Labute approximate surface area is 142 Å². The summed E-state index contributed by atoms with van der Waals surface area (Å²) in [5.74, 6) is 0.0184. The zero-order chi connectivity index (χ0) is 16.8. The average Bonchev–Trinajstić information content (AvgIpc) is 2.67. The van der Waals surface area contributed by atoms with E-state index in [9.17, 15) is 9.59 Å². The number of carbonyl (C=O) groups is 2. The Morgan fingerprint density at radius 1 is 0.958 bits per heavy atom. The molecule has 0 spiro atoms. The Hall–Kier alpha value is -2.46. The molecular weight excluding hydrogens is 302 g/mol. The van der Waals surface area contributed by atoms with Gasteiger partial charge in [-0.15, -0.1) is 0 Å². The molecule has 24 heavy (non-hydrogen) atoms. The highest BCUT2D eigenvalue weighted by molar-refractivity contribution is 5.97. The van der Waals surface area contributed by atoms with Crippen LogP contribution in [0, 0.1) is 0 Å². The first kappa shape index (κ1) is 16.4. The van der Waals surface area contributed by atoms with Crippen LogP contribution in [0.5, 0.6) is 0 Å². The highest BCUT2D eigenvalue weighted by atomic mass is 16.5. The fourth-order valence-electron chi connectivity index (χ4n) is 2.99. The lowest BCUT2D eigenvalue weighted by molar-refractivity contribution is -0.140. The van der Waals surface area contributed by atoms with Crippen LogP contribution < -0.4 is 0 Å². The van der Waals surface area contributed by atoms with Gasteiger partial charge in [0, 0.05) is 24.9 Å². The summed E-state index contributed by atoms with van der Waals surface area (Å²) in [7, 11) is 0. The van der Waals surface area contributed by atoms with Gasteiger partial charge in [0.1, 0.15) is 0 Å². The lowest BCUT2D eigenvalue weighted by Crippen LogP contribution is -2.43. The van der Waals surface area contributed by atoms with Crippen LogP contribution in [0.15, 0.2) is 60.7 Å². The van der Waals surface area contributed by atoms with Crippen LogP contribution in [0.3, 0.4) is 0 Å². The fourth-order valence-corrected chi connectivity index (χ4v) is 2.99. The van der Waals surface area contributed by atoms with Gasteiger partial charge in [-0.25, -0.2) is 0 Å². The molecule has 1 fully saturated rings. The molecule has 1 aliphatic heterocycles. The number of hydrogen-bond acceptors (Lipinski definition) is 3. The molecule has 0 saturated carbocycles. The summed E-state index contributed by atoms with van der Waals surface area (Å²) in [6.45, 7) is 1.61. The molecule has 4 heteroatoms. The third kappa shape index (κ3) is 3.89. The van der Waals surface area contributed by atoms with Crippen LogP contribution >= 0.6 is 0 Å². The van der Waals surface area contributed by atoms with E-state index in [2.05, 4.69) is 0 Å². The summed E-state index contributed by atoms with van der Waals surface area (Å²) in [5, 5.41) is 0. The van der Waals surface area contributed by atoms with Crippen molar-refractivity contribution in [3.63, 3.8) is 0 Å². The molecule has 1 saturated heterocycles. The predicted octanol–water partition coefficient (Wildman–Crippen LogP) is 3.25. The normalized spacial score (nSPS) is 17.5. The van der Waals surface area contributed by atoms with Crippen LogP contribution in [0.1, 0.15) is 34.8 Å². The SMILES string of the molecule is O=C(CCC(=O)N1CCOC[C@@H]1c1ccccc1)c1ccccc1. The van der Waals surface area contributed by atoms with E-state index in [1.54, 1.807) is 12.1 Å². The molecule has 0 N–H and O–H groups in total. The molecule has 124 valence electrons. The van der Waals surface area contributed by atoms with E-state index in [1.165, 1.54) is 0 Å². The maximum atomic E-state index is 12.6. The molecule has 0 unspecified atom stereocenters. The molecule has 0 bridgehead atoms. The van der Waals surface area contributed by atoms with E-state index in [-0.39, 0.29) is 30.6 Å². The maximum absolute atomic E-state index is 12.6. The van der Waals surface area contributed by atoms with Gasteiger partial charge in [0.05, 0.1) is 19.3 Å². The van der Waals surface area contributed by atoms with Gasteiger partial charge in [-0.05, 0) is 5.56 Å². The lowest BCUT2D eigenvalue weighted by atomic mass is 10.0. The predicted molar refractivity (Wildman–Crippen MR) is 91.7 cm³/mol. The Morgan fingerprint density at radius 2 is 1.62 bits per heavy atom. The largest absolute Gasteiger partial charge is 0.377 e. The zero-order valence-electron chi connectivity index (χ0n) is 13.6. The number of benzene rings is 2. The fraction of sp³-hybridized carbons (Fsp3) is 0.300. The molecule has 1 heterocycles. The number of amides is 1. The van der Waals surface area contributed by atoms with Gasteiger partial charge in [-0.2, -0.15) is 0 Å². The van der Waals surface area contributed by atoms with E-state index in [4.69, 9.17) is 4.74 Å². The van der Waals surface area contributed by atoms with E-state index in [0.717, 1.165) is 5.56 Å². The molecule has 2 aromatic rings. The van der Waals surface area contributed by atoms with E-state index < -0.39 is 0 Å². The van der Waals surface area contributed by atoms with Crippen LogP contribution in [0.25, 0.3) is 0 Å². The van der Waals surface area contributed by atoms with Crippen LogP contribution in [0.2, 0.25) is 0 Å². The third-order valence-electron chi connectivity index (χ3n) is 4.29. The quantitative estimate of drug-likeness (QED) is 0.794. The minimum atomic E-state index is -0.0701. The molecule has 0 radical (unpaired) electrons. The first-order chi connectivity index (χ1) is 11.8. The van der Waals surface area contributed by atoms with Crippen LogP contribution in [0.4, 0.5) is 0 Å². The molecule has 0 aromatic heterocycles. The summed E-state index contributed by atoms with van der Waals surface area (Å²) in [4.78, 5) is 26.7. The molecule has 1 atom stereocenters. The highest BCUT2D eigenvalue weighted by Crippen LogP contribution is 2.25. The van der Waals surface area contributed by atoms with E-state index in [1.807, 2.05) is 53.4 Å². The topological polar surface area (TPSA) is 46.6 Å². The van der Waals surface area contributed by atoms with Crippen molar-refractivity contribution in [2.45, 2.75) is 18.9 Å². The molecule has 3 rings (SSSR count). The first-order valence-corrected chi connectivity index (χ1v) is 8.26. The second kappa shape index (κ2) is 7.88. The standard InChI is InChI=1S/C20H21NO3/c22-19(17-9-5-2-6-10-17)11-12-20(23)21-13-14-24-15-18(21)16-7-3-1-4-8-16/h1-10,18H,11-15H2/t18-/m1/s1. The van der Waals surface area contributed by atoms with Gasteiger partial charge >= 0.3 is 0 Å². The van der Waals surface area contributed by atoms with Gasteiger partial charge in [-0.3, -0.25) is 9.59 Å². The van der Waals surface area contributed by atoms with Gasteiger partial charge in [-0.1, -0.05) is 60.7 Å². The zero-order valence-corrected chi connectivity index (χ0v) is 13.6. The number of ether oxygens (including phenoxy) is 1. The van der Waals surface area contributed by atoms with Crippen molar-refractivity contribution in [1.29, 1.82) is 0 Å². The molecule has 1 amide bonds. The van der Waals surface area contributed by atoms with Crippen molar-refractivity contribution in [3.8, 4) is 0 Å². The Bertz CT molecular complexity index is 685. The summed E-state index contributed by atoms with van der Waals surface area (Å²) in [6.07, 6.45) is 0.471. The number of nitrogens with zero attached hydrogens (tertiary/aromatic N) is 1. The molecular formula is C20H21NO3. The number of hydrogen-bond donors (Lipinski definition) is 0. The number of rotatable bonds is 5. The second-order valence-electron chi connectivity index (χ2n) is 5.88. The summed E-state index contributed by atoms with van der Waals surface area (Å²) < 4.78 is 5.55. The van der Waals surface area contributed by atoms with Crippen molar-refractivity contribution < 1.29 is 14.3 Å². The van der Waals surface area contributed by atoms with Gasteiger partial charge in [0.2, 0.25) is 5.91 Å². The Balaban J connectivity index is 1.63. The summed E-state index contributed by atoms with van der Waals surface area (Å²) >= 11 is 0. The van der Waals surface area contributed by atoms with E-state index in [0.29, 0.717) is 25.3 Å². The monoisotopic (exact) mass is 323 g/mol. The number of carbonyl (C=O) groups excluding carboxylic acids is 2. The minimum Gasteiger partial charge on any atom is -0.377 e. The minimum absolute atomic E-state index is 0.00784. The van der Waals surface area contributed by atoms with Crippen molar-refractivity contribution in [1.82, 2.24) is 4.90 Å². The number of morpholine rings is 1. The number of Topliss-reactive ketones (excluding diaryl/α,β-unsaturated/α-hetero) is 1. The molecule has 0 aliphatic carbocycles. The third-order valence-corrected chi connectivity index (χ3v) is 4.29. The van der Waals surface area contributed by atoms with Gasteiger partial charge < -0.3 is 9.64 Å². The summed E-state index contributed by atoms with van der Waals surface area (Å²) in [5.41, 5.74) is 1.73. The average molecular weight is 323 g/mol. The smallest absolute Gasteiger partial charge is 0.223 e. The van der Waals surface area contributed by atoms with Gasteiger partial charge in [0.15, 0.2) is 5.78 Å². The lowest BCUT2D eigenvalue weighted by Gasteiger charge is -2.36. The maximum Gasteiger partial charge on any atom is 0.223 e. The first-order valence-electron chi connectivity index (χ1n) is 8.26. The summed E-state index contributed by atoms with van der Waals surface area (Å²) in [6, 6.07) is 18.9. The van der Waals surface area contributed by atoms with Crippen LogP contribution in [-0.4, -0.2) is 36.3 Å². The van der Waals surface area contributed by atoms with Crippen LogP contribution in [-0.2, 0) is 9.53 Å².